The van der Waals surface area contributed by atoms with Crippen LogP contribution in [-0.4, -0.2) is 40.8 Å². The van der Waals surface area contributed by atoms with Gasteiger partial charge in [-0.05, 0) is 18.1 Å². The number of methoxy groups -OCH3 is 3. The number of nitrogens with two attached hydrogens (primary N) is 1. The van der Waals surface area contributed by atoms with Crippen LogP contribution in [-0.2, 0) is 11.2 Å². The predicted molar refractivity (Wildman–Crippen MR) is 76.4 cm³/mol. The second-order valence-corrected chi connectivity index (χ2v) is 4.27. The third-order valence-corrected chi connectivity index (χ3v) is 3.15. The highest BCUT2D eigenvalue weighted by atomic mass is 16.5. The minimum absolute atomic E-state index is 0.0932. The SMILES string of the molecule is CNC(=O)C(CN)Cc1cc(OC)c(OC)cc1OC. The molecule has 0 bridgehead atoms. The molecular weight excluding hydrogens is 260 g/mol. The van der Waals surface area contributed by atoms with Crippen molar-refractivity contribution in [3.63, 3.8) is 0 Å². The molecule has 0 saturated carbocycles. The number of hydrogen-bond donors (Lipinski definition) is 2. The van der Waals surface area contributed by atoms with Crippen LogP contribution < -0.4 is 25.3 Å². The van der Waals surface area contributed by atoms with Gasteiger partial charge in [-0.3, -0.25) is 4.79 Å². The number of ether oxygens (including phenoxy) is 3. The molecule has 3 N–H and O–H groups in total. The molecule has 1 atom stereocenters. The maximum atomic E-state index is 11.7. The van der Waals surface area contributed by atoms with Gasteiger partial charge < -0.3 is 25.3 Å². The van der Waals surface area contributed by atoms with Crippen LogP contribution in [0.15, 0.2) is 12.1 Å². The van der Waals surface area contributed by atoms with Gasteiger partial charge in [-0.2, -0.15) is 0 Å². The van der Waals surface area contributed by atoms with Gasteiger partial charge in [-0.15, -0.1) is 0 Å². The van der Waals surface area contributed by atoms with Crippen LogP contribution in [0.3, 0.4) is 0 Å². The monoisotopic (exact) mass is 282 g/mol. The smallest absolute Gasteiger partial charge is 0.224 e. The lowest BCUT2D eigenvalue weighted by Crippen LogP contribution is -2.34. The summed E-state index contributed by atoms with van der Waals surface area (Å²) in [5, 5.41) is 2.61. The quantitative estimate of drug-likeness (QED) is 0.764. The van der Waals surface area contributed by atoms with E-state index >= 15 is 0 Å². The lowest BCUT2D eigenvalue weighted by molar-refractivity contribution is -0.124. The lowest BCUT2D eigenvalue weighted by Gasteiger charge is -2.17. The molecular formula is C14H22N2O4. The molecule has 0 spiro atoms. The van der Waals surface area contributed by atoms with Gasteiger partial charge in [0, 0.05) is 19.7 Å². The molecule has 0 saturated heterocycles. The van der Waals surface area contributed by atoms with Crippen LogP contribution in [0.4, 0.5) is 0 Å². The first-order valence-corrected chi connectivity index (χ1v) is 6.31. The molecule has 0 aromatic heterocycles. The third kappa shape index (κ3) is 3.54. The van der Waals surface area contributed by atoms with Gasteiger partial charge in [-0.1, -0.05) is 0 Å². The molecule has 0 heterocycles. The number of carbonyl (C=O) groups is 1. The highest BCUT2D eigenvalue weighted by Gasteiger charge is 2.20. The van der Waals surface area contributed by atoms with E-state index in [4.69, 9.17) is 19.9 Å². The Morgan fingerprint density at radius 3 is 2.15 bits per heavy atom. The summed E-state index contributed by atoms with van der Waals surface area (Å²) in [6, 6.07) is 3.55. The van der Waals surface area contributed by atoms with Crippen molar-refractivity contribution in [3.8, 4) is 17.2 Å². The Bertz CT molecular complexity index is 463. The zero-order chi connectivity index (χ0) is 15.1. The zero-order valence-corrected chi connectivity index (χ0v) is 12.4. The Morgan fingerprint density at radius 2 is 1.70 bits per heavy atom. The maximum absolute atomic E-state index is 11.7. The van der Waals surface area contributed by atoms with Crippen LogP contribution in [0, 0.1) is 5.92 Å². The largest absolute Gasteiger partial charge is 0.496 e. The topological polar surface area (TPSA) is 82.8 Å². The van der Waals surface area contributed by atoms with Crippen LogP contribution in [0.1, 0.15) is 5.56 Å². The van der Waals surface area contributed by atoms with Crippen molar-refractivity contribution in [2.45, 2.75) is 6.42 Å². The van der Waals surface area contributed by atoms with Gasteiger partial charge in [0.1, 0.15) is 5.75 Å². The highest BCUT2D eigenvalue weighted by molar-refractivity contribution is 5.79. The molecule has 1 rings (SSSR count). The summed E-state index contributed by atoms with van der Waals surface area (Å²) >= 11 is 0. The molecule has 20 heavy (non-hydrogen) atoms. The van der Waals surface area contributed by atoms with E-state index in [1.807, 2.05) is 6.07 Å². The fraction of sp³-hybridized carbons (Fsp3) is 0.500. The van der Waals surface area contributed by atoms with Gasteiger partial charge in [0.05, 0.1) is 27.2 Å². The Hall–Kier alpha value is -1.95. The normalized spacial score (nSPS) is 11.7. The number of carbonyl (C=O) groups excluding carboxylic acids is 1. The number of benzene rings is 1. The molecule has 0 aliphatic heterocycles. The fourth-order valence-corrected chi connectivity index (χ4v) is 2.00. The molecule has 112 valence electrons. The molecule has 0 aliphatic carbocycles. The van der Waals surface area contributed by atoms with Crippen molar-refractivity contribution in [1.29, 1.82) is 0 Å². The van der Waals surface area contributed by atoms with E-state index in [0.29, 0.717) is 23.7 Å². The summed E-state index contributed by atoms with van der Waals surface area (Å²) in [6.45, 7) is 0.261. The van der Waals surface area contributed by atoms with E-state index < -0.39 is 0 Å². The van der Waals surface area contributed by atoms with E-state index in [1.165, 1.54) is 0 Å². The summed E-state index contributed by atoms with van der Waals surface area (Å²) in [4.78, 5) is 11.7. The second kappa shape index (κ2) is 7.59. The van der Waals surface area contributed by atoms with E-state index in [9.17, 15) is 4.79 Å². The first kappa shape index (κ1) is 16.1. The van der Waals surface area contributed by atoms with E-state index in [-0.39, 0.29) is 18.4 Å². The van der Waals surface area contributed by atoms with E-state index in [0.717, 1.165) is 5.56 Å². The van der Waals surface area contributed by atoms with Crippen LogP contribution in [0.2, 0.25) is 0 Å². The minimum atomic E-state index is -0.313. The van der Waals surface area contributed by atoms with Crippen molar-refractivity contribution in [3.05, 3.63) is 17.7 Å². The molecule has 1 aromatic rings. The predicted octanol–water partition coefficient (Wildman–Crippen LogP) is 0.576. The van der Waals surface area contributed by atoms with Crippen LogP contribution in [0.25, 0.3) is 0 Å². The number of hydrogen-bond acceptors (Lipinski definition) is 5. The van der Waals surface area contributed by atoms with Gasteiger partial charge in [0.2, 0.25) is 5.91 Å². The minimum Gasteiger partial charge on any atom is -0.496 e. The molecule has 6 heteroatoms. The maximum Gasteiger partial charge on any atom is 0.224 e. The summed E-state index contributed by atoms with van der Waals surface area (Å²) in [7, 11) is 6.29. The van der Waals surface area contributed by atoms with Gasteiger partial charge in [0.15, 0.2) is 11.5 Å². The molecule has 0 fully saturated rings. The molecule has 1 unspecified atom stereocenters. The van der Waals surface area contributed by atoms with E-state index in [1.54, 1.807) is 34.4 Å². The fourth-order valence-electron chi connectivity index (χ4n) is 2.00. The van der Waals surface area contributed by atoms with Crippen LogP contribution >= 0.6 is 0 Å². The summed E-state index contributed by atoms with van der Waals surface area (Å²) in [5.41, 5.74) is 6.51. The van der Waals surface area contributed by atoms with Gasteiger partial charge in [-0.25, -0.2) is 0 Å². The van der Waals surface area contributed by atoms with Crippen molar-refractivity contribution >= 4 is 5.91 Å². The van der Waals surface area contributed by atoms with Gasteiger partial charge >= 0.3 is 0 Å². The Labute approximate surface area is 119 Å². The summed E-state index contributed by atoms with van der Waals surface area (Å²) in [6.07, 6.45) is 0.472. The Morgan fingerprint density at radius 1 is 1.15 bits per heavy atom. The first-order chi connectivity index (χ1) is 9.60. The molecule has 6 nitrogen and oxygen atoms in total. The van der Waals surface area contributed by atoms with Crippen LogP contribution in [0.5, 0.6) is 17.2 Å². The zero-order valence-electron chi connectivity index (χ0n) is 12.4. The number of rotatable bonds is 7. The lowest BCUT2D eigenvalue weighted by atomic mass is 9.97. The number of nitrogens with one attached hydrogen (secondary N) is 1. The molecule has 1 amide bonds. The Kier molecular flexibility index (Phi) is 6.11. The summed E-state index contributed by atoms with van der Waals surface area (Å²) in [5.74, 6) is 1.41. The average molecular weight is 282 g/mol. The standard InChI is InChI=1S/C14H22N2O4/c1-16-14(17)10(8-15)5-9-6-12(19-3)13(20-4)7-11(9)18-2/h6-7,10H,5,8,15H2,1-4H3,(H,16,17). The molecule has 0 aliphatic rings. The first-order valence-electron chi connectivity index (χ1n) is 6.31. The number of amides is 1. The van der Waals surface area contributed by atoms with Crippen molar-refractivity contribution in [2.75, 3.05) is 34.9 Å². The second-order valence-electron chi connectivity index (χ2n) is 4.27. The third-order valence-electron chi connectivity index (χ3n) is 3.15. The van der Waals surface area contributed by atoms with E-state index in [2.05, 4.69) is 5.32 Å². The molecule has 0 radical (unpaired) electrons. The molecule has 1 aromatic carbocycles. The van der Waals surface area contributed by atoms with Crippen molar-refractivity contribution in [2.24, 2.45) is 11.7 Å². The summed E-state index contributed by atoms with van der Waals surface area (Å²) < 4.78 is 15.8. The van der Waals surface area contributed by atoms with Gasteiger partial charge in [0.25, 0.3) is 0 Å². The van der Waals surface area contributed by atoms with Crippen molar-refractivity contribution < 1.29 is 19.0 Å². The van der Waals surface area contributed by atoms with Crippen molar-refractivity contribution in [1.82, 2.24) is 5.32 Å². The Balaban J connectivity index is 3.12. The average Bonchev–Trinajstić information content (AvgIpc) is 2.50. The highest BCUT2D eigenvalue weighted by Crippen LogP contribution is 2.35.